The van der Waals surface area contributed by atoms with Crippen molar-refractivity contribution >= 4 is 5.91 Å². The molecule has 0 unspecified atom stereocenters. The summed E-state index contributed by atoms with van der Waals surface area (Å²) in [5, 5.41) is 0. The van der Waals surface area contributed by atoms with E-state index in [-0.39, 0.29) is 17.4 Å². The molecule has 1 fully saturated rings. The Morgan fingerprint density at radius 1 is 1.19 bits per heavy atom. The van der Waals surface area contributed by atoms with Crippen molar-refractivity contribution < 1.29 is 9.69 Å². The molecule has 2 atom stereocenters. The first-order valence-corrected chi connectivity index (χ1v) is 9.09. The quantitative estimate of drug-likeness (QED) is 0.799. The monoisotopic (exact) mass is 354 g/mol. The number of hydrogen-bond donors (Lipinski definition) is 1. The number of likely N-dealkylation sites (N-methyl/N-ethyl adjacent to an activating group) is 1. The van der Waals surface area contributed by atoms with Gasteiger partial charge in [-0.15, -0.1) is 0 Å². The van der Waals surface area contributed by atoms with E-state index < -0.39 is 0 Å². The Kier molecular flexibility index (Phi) is 4.32. The number of piperidine rings is 1. The molecule has 2 bridgehead atoms. The molecule has 4 heterocycles. The molecule has 1 saturated heterocycles. The average Bonchev–Trinajstić information content (AvgIpc) is 2.62. The molecule has 4 rings (SSSR count). The molecule has 2 aliphatic rings. The zero-order chi connectivity index (χ0) is 18.3. The lowest BCUT2D eigenvalue weighted by atomic mass is 9.82. The third kappa shape index (κ3) is 3.03. The minimum atomic E-state index is 0.0181. The molecule has 136 valence electrons. The van der Waals surface area contributed by atoms with Gasteiger partial charge in [-0.2, -0.15) is 0 Å². The second kappa shape index (κ2) is 6.64. The molecule has 0 saturated carbocycles. The maximum absolute atomic E-state index is 13.0. The van der Waals surface area contributed by atoms with E-state index in [1.165, 1.54) is 6.33 Å². The Labute approximate surface area is 152 Å². The summed E-state index contributed by atoms with van der Waals surface area (Å²) >= 11 is 0. The number of rotatable bonds is 3. The highest BCUT2D eigenvalue weighted by Crippen LogP contribution is 2.35. The summed E-state index contributed by atoms with van der Waals surface area (Å²) < 4.78 is 1.90. The van der Waals surface area contributed by atoms with Crippen molar-refractivity contribution in [1.82, 2.24) is 19.4 Å². The second-order valence-electron chi connectivity index (χ2n) is 7.70. The molecule has 7 nitrogen and oxygen atoms in total. The van der Waals surface area contributed by atoms with Crippen LogP contribution < -0.4 is 10.5 Å². The number of nitrogens with one attached hydrogen (secondary N) is 1. The molecule has 2 aromatic heterocycles. The Morgan fingerprint density at radius 2 is 1.96 bits per heavy atom. The topological polar surface area (TPSA) is 72.5 Å². The number of carbonyl (C=O) groups excluding carboxylic acids is 1. The smallest absolute Gasteiger partial charge is 0.277 e. The summed E-state index contributed by atoms with van der Waals surface area (Å²) in [6, 6.07) is 3.91. The molecule has 0 spiro atoms. The van der Waals surface area contributed by atoms with Gasteiger partial charge >= 0.3 is 0 Å². The first-order valence-electron chi connectivity index (χ1n) is 9.09. The zero-order valence-corrected chi connectivity index (χ0v) is 15.2. The minimum absolute atomic E-state index is 0.0181. The Morgan fingerprint density at radius 3 is 2.69 bits per heavy atom. The maximum atomic E-state index is 13.0. The summed E-state index contributed by atoms with van der Waals surface area (Å²) in [5.74, 6) is 0.772. The molecule has 2 aromatic rings. The van der Waals surface area contributed by atoms with E-state index in [1.807, 2.05) is 35.7 Å². The lowest BCUT2D eigenvalue weighted by Crippen LogP contribution is -3.07. The predicted molar refractivity (Wildman–Crippen MR) is 96.8 cm³/mol. The van der Waals surface area contributed by atoms with Gasteiger partial charge in [0, 0.05) is 49.2 Å². The first-order chi connectivity index (χ1) is 12.5. The van der Waals surface area contributed by atoms with Crippen molar-refractivity contribution in [2.24, 2.45) is 5.92 Å². The van der Waals surface area contributed by atoms with Crippen LogP contribution in [-0.4, -0.2) is 59.1 Å². The van der Waals surface area contributed by atoms with E-state index >= 15 is 0 Å². The fraction of sp³-hybridized carbons (Fsp3) is 0.474. The first kappa shape index (κ1) is 16.9. The Balaban J connectivity index is 1.65. The number of fused-ring (bicyclic) bond motifs is 4. The Hall–Kier alpha value is -2.54. The van der Waals surface area contributed by atoms with Gasteiger partial charge in [-0.1, -0.05) is 0 Å². The van der Waals surface area contributed by atoms with Crippen LogP contribution in [0, 0.1) is 5.92 Å². The second-order valence-corrected chi connectivity index (χ2v) is 7.70. The van der Waals surface area contributed by atoms with Crippen LogP contribution >= 0.6 is 0 Å². The van der Waals surface area contributed by atoms with Crippen LogP contribution in [0.3, 0.4) is 0 Å². The summed E-state index contributed by atoms with van der Waals surface area (Å²) in [5.41, 5.74) is 2.44. The van der Waals surface area contributed by atoms with Crippen molar-refractivity contribution in [3.05, 3.63) is 46.9 Å². The summed E-state index contributed by atoms with van der Waals surface area (Å²) in [7, 11) is 3.98. The average molecular weight is 354 g/mol. The SMILES string of the molecule is C[NH+](C)CC(=O)N1C[C@@H]2C[C@H](C1)c1ccc(-c3cncnc3)c(=O)n1C2. The van der Waals surface area contributed by atoms with Gasteiger partial charge < -0.3 is 14.4 Å². The molecule has 1 N–H and O–H groups in total. The van der Waals surface area contributed by atoms with Gasteiger partial charge in [-0.05, 0) is 24.5 Å². The summed E-state index contributed by atoms with van der Waals surface area (Å²) in [6.45, 7) is 2.63. The minimum Gasteiger partial charge on any atom is -0.337 e. The lowest BCUT2D eigenvalue weighted by molar-refractivity contribution is -0.849. The highest BCUT2D eigenvalue weighted by Gasteiger charge is 2.37. The van der Waals surface area contributed by atoms with Gasteiger partial charge in [-0.25, -0.2) is 9.97 Å². The molecule has 0 radical (unpaired) electrons. The molecule has 7 heteroatoms. The normalized spacial score (nSPS) is 21.6. The van der Waals surface area contributed by atoms with Crippen molar-refractivity contribution in [3.63, 3.8) is 0 Å². The third-order valence-corrected chi connectivity index (χ3v) is 5.33. The van der Waals surface area contributed by atoms with E-state index in [4.69, 9.17) is 0 Å². The number of aromatic nitrogens is 3. The van der Waals surface area contributed by atoms with Gasteiger partial charge in [-0.3, -0.25) is 9.59 Å². The van der Waals surface area contributed by atoms with Crippen LogP contribution in [0.5, 0.6) is 0 Å². The van der Waals surface area contributed by atoms with Crippen LogP contribution in [0.4, 0.5) is 0 Å². The Bertz CT molecular complexity index is 877. The molecule has 0 aromatic carbocycles. The van der Waals surface area contributed by atoms with Gasteiger partial charge in [0.25, 0.3) is 11.5 Å². The van der Waals surface area contributed by atoms with Crippen molar-refractivity contribution in [2.75, 3.05) is 33.7 Å². The van der Waals surface area contributed by atoms with Crippen LogP contribution in [0.25, 0.3) is 11.1 Å². The van der Waals surface area contributed by atoms with Crippen LogP contribution in [0.2, 0.25) is 0 Å². The highest BCUT2D eigenvalue weighted by atomic mass is 16.2. The van der Waals surface area contributed by atoms with Crippen LogP contribution in [0.1, 0.15) is 18.0 Å². The fourth-order valence-corrected chi connectivity index (χ4v) is 4.22. The van der Waals surface area contributed by atoms with E-state index in [9.17, 15) is 9.59 Å². The summed E-state index contributed by atoms with van der Waals surface area (Å²) in [6.07, 6.45) is 5.85. The lowest BCUT2D eigenvalue weighted by Gasteiger charge is -2.42. The predicted octanol–water partition coefficient (Wildman–Crippen LogP) is -0.604. The molecule has 26 heavy (non-hydrogen) atoms. The van der Waals surface area contributed by atoms with Gasteiger partial charge in [0.15, 0.2) is 6.54 Å². The molecular weight excluding hydrogens is 330 g/mol. The van der Waals surface area contributed by atoms with Gasteiger partial charge in [0.05, 0.1) is 19.7 Å². The van der Waals surface area contributed by atoms with Crippen molar-refractivity contribution in [1.29, 1.82) is 0 Å². The molecule has 1 amide bonds. The van der Waals surface area contributed by atoms with Gasteiger partial charge in [0.2, 0.25) is 0 Å². The molecular formula is C19H24N5O2+. The van der Waals surface area contributed by atoms with Crippen molar-refractivity contribution in [3.8, 4) is 11.1 Å². The number of nitrogens with zero attached hydrogens (tertiary/aromatic N) is 4. The maximum Gasteiger partial charge on any atom is 0.277 e. The largest absolute Gasteiger partial charge is 0.337 e. The van der Waals surface area contributed by atoms with E-state index in [0.29, 0.717) is 31.1 Å². The number of amides is 1. The number of pyridine rings is 1. The van der Waals surface area contributed by atoms with Crippen molar-refractivity contribution in [2.45, 2.75) is 18.9 Å². The van der Waals surface area contributed by atoms with Crippen LogP contribution in [-0.2, 0) is 11.3 Å². The van der Waals surface area contributed by atoms with E-state index in [0.717, 1.165) is 29.1 Å². The fourth-order valence-electron chi connectivity index (χ4n) is 4.22. The molecule has 0 aliphatic carbocycles. The molecule has 2 aliphatic heterocycles. The number of quaternary nitrogens is 1. The van der Waals surface area contributed by atoms with Crippen LogP contribution in [0.15, 0.2) is 35.6 Å². The number of likely N-dealkylation sites (tertiary alicyclic amines) is 1. The number of hydrogen-bond acceptors (Lipinski definition) is 4. The number of carbonyl (C=O) groups is 1. The standard InChI is InChI=1S/C19H23N5O2/c1-22(2)11-18(25)23-8-13-5-14(10-23)17-4-3-16(19(26)24(17)9-13)15-6-20-12-21-7-15/h3-4,6-7,12-14H,5,8-11H2,1-2H3/p+1/t13-,14+/m0/s1. The van der Waals surface area contributed by atoms with E-state index in [2.05, 4.69) is 9.97 Å². The van der Waals surface area contributed by atoms with Gasteiger partial charge in [0.1, 0.15) is 6.33 Å². The van der Waals surface area contributed by atoms with E-state index in [1.54, 1.807) is 12.4 Å². The zero-order valence-electron chi connectivity index (χ0n) is 15.2. The highest BCUT2D eigenvalue weighted by molar-refractivity contribution is 5.77. The third-order valence-electron chi connectivity index (χ3n) is 5.33. The summed E-state index contributed by atoms with van der Waals surface area (Å²) in [4.78, 5) is 36.7.